The minimum Gasteiger partial charge on any atom is -0.316 e. The van der Waals surface area contributed by atoms with Gasteiger partial charge in [-0.05, 0) is 47.2 Å². The van der Waals surface area contributed by atoms with Crippen molar-refractivity contribution >= 4 is 0 Å². The lowest BCUT2D eigenvalue weighted by Crippen LogP contribution is -2.18. The molecule has 3 rings (SSSR count). The van der Waals surface area contributed by atoms with Gasteiger partial charge in [-0.15, -0.1) is 0 Å². The summed E-state index contributed by atoms with van der Waals surface area (Å²) in [7, 11) is 0. The molecule has 104 valence electrons. The summed E-state index contributed by atoms with van der Waals surface area (Å²) in [4.78, 5) is 0. The van der Waals surface area contributed by atoms with Gasteiger partial charge < -0.3 is 5.32 Å². The summed E-state index contributed by atoms with van der Waals surface area (Å²) in [6, 6.07) is 13.7. The van der Waals surface area contributed by atoms with Crippen molar-refractivity contribution in [2.75, 3.05) is 13.1 Å². The van der Waals surface area contributed by atoms with E-state index in [9.17, 15) is 4.39 Å². The maximum atomic E-state index is 13.7. The highest BCUT2D eigenvalue weighted by molar-refractivity contribution is 5.38. The van der Waals surface area contributed by atoms with Crippen LogP contribution >= 0.6 is 0 Å². The number of rotatable bonds is 2. The van der Waals surface area contributed by atoms with Crippen LogP contribution in [-0.2, 0) is 12.8 Å². The Morgan fingerprint density at radius 3 is 2.90 bits per heavy atom. The van der Waals surface area contributed by atoms with Gasteiger partial charge in [-0.25, -0.2) is 4.39 Å². The highest BCUT2D eigenvalue weighted by Gasteiger charge is 2.15. The molecule has 0 radical (unpaired) electrons. The van der Waals surface area contributed by atoms with Gasteiger partial charge in [0.25, 0.3) is 0 Å². The second-order valence-electron chi connectivity index (χ2n) is 5.66. The van der Waals surface area contributed by atoms with Gasteiger partial charge in [-0.3, -0.25) is 0 Å². The Morgan fingerprint density at radius 2 is 2.05 bits per heavy atom. The average Bonchev–Trinajstić information content (AvgIpc) is 2.64. The van der Waals surface area contributed by atoms with Crippen LogP contribution in [0.1, 0.15) is 35.1 Å². The van der Waals surface area contributed by atoms with Crippen LogP contribution in [0.4, 0.5) is 4.39 Å². The molecule has 1 aliphatic heterocycles. The Bertz CT molecular complexity index is 606. The molecule has 1 aliphatic rings. The third-order valence-electron chi connectivity index (χ3n) is 4.12. The molecule has 20 heavy (non-hydrogen) atoms. The molecule has 0 spiro atoms. The van der Waals surface area contributed by atoms with Crippen LogP contribution in [0.15, 0.2) is 42.5 Å². The van der Waals surface area contributed by atoms with Crippen molar-refractivity contribution in [3.63, 3.8) is 0 Å². The maximum absolute atomic E-state index is 13.7. The first-order valence-corrected chi connectivity index (χ1v) is 7.30. The van der Waals surface area contributed by atoms with Crippen molar-refractivity contribution < 1.29 is 4.39 Å². The van der Waals surface area contributed by atoms with Crippen molar-refractivity contribution in [2.45, 2.75) is 25.7 Å². The van der Waals surface area contributed by atoms with E-state index < -0.39 is 0 Å². The Morgan fingerprint density at radius 1 is 1.20 bits per heavy atom. The third kappa shape index (κ3) is 2.75. The first-order valence-electron chi connectivity index (χ1n) is 7.30. The van der Waals surface area contributed by atoms with Gasteiger partial charge in [0.2, 0.25) is 0 Å². The molecule has 1 N–H and O–H groups in total. The highest BCUT2D eigenvalue weighted by atomic mass is 19.1. The fourth-order valence-electron chi connectivity index (χ4n) is 2.95. The van der Waals surface area contributed by atoms with Gasteiger partial charge in [0.05, 0.1) is 0 Å². The van der Waals surface area contributed by atoms with E-state index in [0.29, 0.717) is 12.3 Å². The molecule has 0 aromatic heterocycles. The van der Waals surface area contributed by atoms with E-state index in [-0.39, 0.29) is 5.82 Å². The monoisotopic (exact) mass is 269 g/mol. The van der Waals surface area contributed by atoms with Crippen molar-refractivity contribution in [1.82, 2.24) is 5.32 Å². The Balaban J connectivity index is 1.90. The summed E-state index contributed by atoms with van der Waals surface area (Å²) in [6.45, 7) is 4.32. The molecule has 0 bridgehead atoms. The zero-order chi connectivity index (χ0) is 13.9. The number of halogens is 1. The van der Waals surface area contributed by atoms with Gasteiger partial charge in [0.15, 0.2) is 0 Å². The second-order valence-corrected chi connectivity index (χ2v) is 5.66. The maximum Gasteiger partial charge on any atom is 0.126 e. The Labute approximate surface area is 119 Å². The molecule has 2 aromatic carbocycles. The van der Waals surface area contributed by atoms with Crippen LogP contribution in [0.2, 0.25) is 0 Å². The fourth-order valence-corrected chi connectivity index (χ4v) is 2.95. The zero-order valence-electron chi connectivity index (χ0n) is 11.8. The lowest BCUT2D eigenvalue weighted by atomic mass is 9.91. The van der Waals surface area contributed by atoms with E-state index in [1.807, 2.05) is 12.1 Å². The van der Waals surface area contributed by atoms with Crippen LogP contribution in [0.3, 0.4) is 0 Å². The van der Waals surface area contributed by atoms with Gasteiger partial charge in [-0.2, -0.15) is 0 Å². The zero-order valence-corrected chi connectivity index (χ0v) is 11.8. The summed E-state index contributed by atoms with van der Waals surface area (Å²) in [5, 5.41) is 3.46. The SMILES string of the molecule is C[C@@H]1CNCCc2ccc(Cc3ccccc3F)cc21. The third-order valence-corrected chi connectivity index (χ3v) is 4.12. The van der Waals surface area contributed by atoms with E-state index in [1.165, 1.54) is 22.8 Å². The molecule has 0 fully saturated rings. The quantitative estimate of drug-likeness (QED) is 0.877. The molecule has 0 aliphatic carbocycles. The minimum atomic E-state index is -0.114. The standard InChI is InChI=1S/C18H20FN/c1-13-12-20-9-8-15-7-6-14(11-17(13)15)10-16-4-2-3-5-18(16)19/h2-7,11,13,20H,8-10,12H2,1H3/t13-/m1/s1. The molecule has 2 aromatic rings. The van der Waals surface area contributed by atoms with Crippen LogP contribution in [-0.4, -0.2) is 13.1 Å². The molecule has 2 heteroatoms. The lowest BCUT2D eigenvalue weighted by Gasteiger charge is -2.14. The molecular weight excluding hydrogens is 249 g/mol. The first-order chi connectivity index (χ1) is 9.74. The molecule has 1 nitrogen and oxygen atoms in total. The van der Waals surface area contributed by atoms with Gasteiger partial charge in [-0.1, -0.05) is 43.3 Å². The summed E-state index contributed by atoms with van der Waals surface area (Å²) in [5.41, 5.74) is 4.82. The topological polar surface area (TPSA) is 12.0 Å². The molecule has 0 saturated carbocycles. The van der Waals surface area contributed by atoms with Gasteiger partial charge in [0.1, 0.15) is 5.82 Å². The molecule has 0 unspecified atom stereocenters. The van der Waals surface area contributed by atoms with E-state index in [1.54, 1.807) is 6.07 Å². The van der Waals surface area contributed by atoms with Crippen molar-refractivity contribution in [3.8, 4) is 0 Å². The fraction of sp³-hybridized carbons (Fsp3) is 0.333. The largest absolute Gasteiger partial charge is 0.316 e. The predicted octanol–water partition coefficient (Wildman–Crippen LogP) is 3.67. The first kappa shape index (κ1) is 13.3. The van der Waals surface area contributed by atoms with Crippen molar-refractivity contribution in [1.29, 1.82) is 0 Å². The number of hydrogen-bond acceptors (Lipinski definition) is 1. The molecule has 1 heterocycles. The van der Waals surface area contributed by atoms with Crippen LogP contribution in [0.25, 0.3) is 0 Å². The summed E-state index contributed by atoms with van der Waals surface area (Å²) in [5.74, 6) is 0.408. The summed E-state index contributed by atoms with van der Waals surface area (Å²) >= 11 is 0. The Kier molecular flexibility index (Phi) is 3.83. The number of fused-ring (bicyclic) bond motifs is 1. The van der Waals surface area contributed by atoms with Crippen molar-refractivity contribution in [2.24, 2.45) is 0 Å². The van der Waals surface area contributed by atoms with Crippen molar-refractivity contribution in [3.05, 3.63) is 70.5 Å². The lowest BCUT2D eigenvalue weighted by molar-refractivity contribution is 0.614. The van der Waals surface area contributed by atoms with Crippen LogP contribution in [0.5, 0.6) is 0 Å². The molecule has 0 saturated heterocycles. The molecular formula is C18H20FN. The van der Waals surface area contributed by atoms with Crippen LogP contribution in [0, 0.1) is 5.82 Å². The predicted molar refractivity (Wildman–Crippen MR) is 80.6 cm³/mol. The van der Waals surface area contributed by atoms with E-state index >= 15 is 0 Å². The highest BCUT2D eigenvalue weighted by Crippen LogP contribution is 2.25. The molecule has 1 atom stereocenters. The molecule has 0 amide bonds. The number of nitrogens with one attached hydrogen (secondary N) is 1. The second kappa shape index (κ2) is 5.76. The Hall–Kier alpha value is -1.67. The van der Waals surface area contributed by atoms with Crippen LogP contribution < -0.4 is 5.32 Å². The van der Waals surface area contributed by atoms with Gasteiger partial charge >= 0.3 is 0 Å². The average molecular weight is 269 g/mol. The normalized spacial score (nSPS) is 18.4. The summed E-state index contributed by atoms with van der Waals surface area (Å²) in [6.07, 6.45) is 1.75. The van der Waals surface area contributed by atoms with E-state index in [2.05, 4.69) is 30.4 Å². The van der Waals surface area contributed by atoms with E-state index in [0.717, 1.165) is 25.1 Å². The minimum absolute atomic E-state index is 0.114. The summed E-state index contributed by atoms with van der Waals surface area (Å²) < 4.78 is 13.7. The smallest absolute Gasteiger partial charge is 0.126 e. The van der Waals surface area contributed by atoms with Gasteiger partial charge in [0, 0.05) is 13.0 Å². The van der Waals surface area contributed by atoms with E-state index in [4.69, 9.17) is 0 Å². The number of hydrogen-bond donors (Lipinski definition) is 1. The number of benzene rings is 2.